The second kappa shape index (κ2) is 6.55. The van der Waals surface area contributed by atoms with Gasteiger partial charge in [-0.25, -0.2) is 4.79 Å². The second-order valence-electron chi connectivity index (χ2n) is 8.44. The van der Waals surface area contributed by atoms with Gasteiger partial charge in [-0.2, -0.15) is 0 Å². The molecule has 2 N–H and O–H groups in total. The van der Waals surface area contributed by atoms with Crippen molar-refractivity contribution in [1.29, 1.82) is 0 Å². The van der Waals surface area contributed by atoms with Crippen LogP contribution in [0.15, 0.2) is 24.4 Å². The van der Waals surface area contributed by atoms with Crippen molar-refractivity contribution in [3.05, 3.63) is 35.5 Å². The van der Waals surface area contributed by atoms with Crippen LogP contribution in [-0.4, -0.2) is 58.6 Å². The molecule has 5 heteroatoms. The van der Waals surface area contributed by atoms with E-state index in [1.807, 2.05) is 18.7 Å². The van der Waals surface area contributed by atoms with E-state index in [1.54, 1.807) is 0 Å². The number of hydrogen-bond acceptors (Lipinski definition) is 2. The lowest BCUT2D eigenvalue weighted by Gasteiger charge is -2.47. The zero-order chi connectivity index (χ0) is 18.5. The monoisotopic (exact) mass is 366 g/mol. The number of piperidine rings is 1. The fourth-order valence-electron chi connectivity index (χ4n) is 5.44. The Balaban J connectivity index is 1.46. The summed E-state index contributed by atoms with van der Waals surface area (Å²) in [5.41, 5.74) is 4.21. The highest BCUT2D eigenvalue weighted by Gasteiger charge is 2.46. The van der Waals surface area contributed by atoms with Gasteiger partial charge in [0, 0.05) is 60.8 Å². The van der Waals surface area contributed by atoms with Gasteiger partial charge in [-0.1, -0.05) is 12.1 Å². The maximum Gasteiger partial charge on any atom is 0.317 e. The van der Waals surface area contributed by atoms with Crippen molar-refractivity contribution in [2.24, 2.45) is 0 Å². The maximum absolute atomic E-state index is 12.7. The van der Waals surface area contributed by atoms with Gasteiger partial charge in [0.2, 0.25) is 0 Å². The Morgan fingerprint density at radius 3 is 2.85 bits per heavy atom. The van der Waals surface area contributed by atoms with Gasteiger partial charge < -0.3 is 15.2 Å². The lowest BCUT2D eigenvalue weighted by molar-refractivity contribution is 0.0905. The molecule has 0 bridgehead atoms. The molecule has 2 aromatic rings. The average molecular weight is 367 g/mol. The van der Waals surface area contributed by atoms with Crippen molar-refractivity contribution in [3.8, 4) is 0 Å². The summed E-state index contributed by atoms with van der Waals surface area (Å²) in [5, 5.41) is 4.79. The predicted molar refractivity (Wildman–Crippen MR) is 108 cm³/mol. The number of amides is 2. The molecule has 5 rings (SSSR count). The Labute approximate surface area is 161 Å². The molecule has 1 saturated carbocycles. The van der Waals surface area contributed by atoms with E-state index in [0.29, 0.717) is 18.0 Å². The molecule has 1 saturated heterocycles. The zero-order valence-electron chi connectivity index (χ0n) is 16.4. The van der Waals surface area contributed by atoms with Gasteiger partial charge in [-0.3, -0.25) is 4.90 Å². The summed E-state index contributed by atoms with van der Waals surface area (Å²) in [6.45, 7) is 6.62. The third kappa shape index (κ3) is 2.83. The number of rotatable bonds is 4. The number of benzene rings is 1. The molecule has 3 aliphatic rings. The first-order chi connectivity index (χ1) is 13.2. The van der Waals surface area contributed by atoms with Crippen molar-refractivity contribution >= 4 is 16.9 Å². The first-order valence-corrected chi connectivity index (χ1v) is 10.6. The molecule has 0 unspecified atom stereocenters. The standard InChI is InChI=1S/C22H30N4O/c1-3-25(4-2)22(27)24-15-11-18-17-6-5-7-19-21(17)14(12-23-19)10-20(18)26(13-15)16-8-9-16/h5-7,12,15-16,18,20,23H,3-4,8-11,13H2,1-2H3,(H,24,27)/t15-,18-,20-/m1/s1. The average Bonchev–Trinajstić information content (AvgIpc) is 3.44. The van der Waals surface area contributed by atoms with Crippen molar-refractivity contribution in [2.75, 3.05) is 19.6 Å². The molecule has 0 spiro atoms. The van der Waals surface area contributed by atoms with Gasteiger partial charge >= 0.3 is 6.03 Å². The number of carbonyl (C=O) groups excluding carboxylic acids is 1. The van der Waals surface area contributed by atoms with Crippen LogP contribution in [0.25, 0.3) is 10.9 Å². The maximum atomic E-state index is 12.7. The Bertz CT molecular complexity index is 851. The van der Waals surface area contributed by atoms with Crippen LogP contribution in [0.4, 0.5) is 4.79 Å². The molecule has 27 heavy (non-hydrogen) atoms. The van der Waals surface area contributed by atoms with Gasteiger partial charge in [0.25, 0.3) is 0 Å². The SMILES string of the molecule is CCN(CC)C(=O)N[C@@H]1C[C@@H]2c3cccc4[nH]cc(c34)C[C@H]2N(C2CC2)C1. The van der Waals surface area contributed by atoms with Gasteiger partial charge in [-0.05, 0) is 56.7 Å². The van der Waals surface area contributed by atoms with Crippen molar-refractivity contribution in [2.45, 2.75) is 63.6 Å². The Kier molecular flexibility index (Phi) is 4.15. The van der Waals surface area contributed by atoms with E-state index in [1.165, 1.54) is 34.9 Å². The highest BCUT2D eigenvalue weighted by Crippen LogP contribution is 2.46. The normalized spacial score (nSPS) is 27.4. The van der Waals surface area contributed by atoms with Crippen LogP contribution in [-0.2, 0) is 6.42 Å². The minimum atomic E-state index is 0.0931. The van der Waals surface area contributed by atoms with Crippen LogP contribution in [0, 0.1) is 0 Å². The molecular formula is C22H30N4O. The smallest absolute Gasteiger partial charge is 0.317 e. The lowest BCUT2D eigenvalue weighted by atomic mass is 9.73. The van der Waals surface area contributed by atoms with Crippen LogP contribution in [0.2, 0.25) is 0 Å². The molecular weight excluding hydrogens is 336 g/mol. The molecule has 0 radical (unpaired) electrons. The molecule has 1 aliphatic heterocycles. The zero-order valence-corrected chi connectivity index (χ0v) is 16.4. The van der Waals surface area contributed by atoms with Crippen molar-refractivity contribution in [1.82, 2.24) is 20.1 Å². The molecule has 2 aliphatic carbocycles. The number of aromatic nitrogens is 1. The fraction of sp³-hybridized carbons (Fsp3) is 0.591. The summed E-state index contributed by atoms with van der Waals surface area (Å²) in [5.74, 6) is 0.508. The minimum Gasteiger partial charge on any atom is -0.361 e. The molecule has 2 fully saturated rings. The van der Waals surface area contributed by atoms with Gasteiger partial charge in [0.1, 0.15) is 0 Å². The van der Waals surface area contributed by atoms with Crippen LogP contribution in [0.1, 0.15) is 50.2 Å². The van der Waals surface area contributed by atoms with E-state index in [-0.39, 0.29) is 12.1 Å². The summed E-state index contributed by atoms with van der Waals surface area (Å²) >= 11 is 0. The molecule has 1 aromatic heterocycles. The summed E-state index contributed by atoms with van der Waals surface area (Å²) < 4.78 is 0. The topological polar surface area (TPSA) is 51.4 Å². The molecule has 2 amide bonds. The van der Waals surface area contributed by atoms with Gasteiger partial charge in [0.15, 0.2) is 0 Å². The molecule has 2 heterocycles. The van der Waals surface area contributed by atoms with E-state index >= 15 is 0 Å². The minimum absolute atomic E-state index is 0.0931. The molecule has 3 atom stereocenters. The predicted octanol–water partition coefficient (Wildman–Crippen LogP) is 3.46. The molecule has 144 valence electrons. The van der Waals surface area contributed by atoms with Crippen molar-refractivity contribution < 1.29 is 4.79 Å². The Morgan fingerprint density at radius 2 is 2.11 bits per heavy atom. The third-order valence-corrected chi connectivity index (χ3v) is 6.90. The van der Waals surface area contributed by atoms with E-state index in [4.69, 9.17) is 0 Å². The number of H-pyrrole nitrogens is 1. The number of carbonyl (C=O) groups is 1. The first-order valence-electron chi connectivity index (χ1n) is 10.6. The number of nitrogens with one attached hydrogen (secondary N) is 2. The van der Waals surface area contributed by atoms with Gasteiger partial charge in [0.05, 0.1) is 0 Å². The molecule has 5 nitrogen and oxygen atoms in total. The number of urea groups is 1. The van der Waals surface area contributed by atoms with E-state index < -0.39 is 0 Å². The Hall–Kier alpha value is -2.01. The quantitative estimate of drug-likeness (QED) is 0.871. The third-order valence-electron chi connectivity index (χ3n) is 6.90. The number of aromatic amines is 1. The molecule has 1 aromatic carbocycles. The van der Waals surface area contributed by atoms with Crippen LogP contribution in [0.3, 0.4) is 0 Å². The number of fused-ring (bicyclic) bond motifs is 2. The number of likely N-dealkylation sites (tertiary alicyclic amines) is 1. The van der Waals surface area contributed by atoms with E-state index in [2.05, 4.69) is 39.6 Å². The van der Waals surface area contributed by atoms with Crippen molar-refractivity contribution in [3.63, 3.8) is 0 Å². The lowest BCUT2D eigenvalue weighted by Crippen LogP contribution is -2.58. The van der Waals surface area contributed by atoms with Gasteiger partial charge in [-0.15, -0.1) is 0 Å². The van der Waals surface area contributed by atoms with Crippen LogP contribution >= 0.6 is 0 Å². The first kappa shape index (κ1) is 17.1. The number of hydrogen-bond donors (Lipinski definition) is 2. The van der Waals surface area contributed by atoms with Crippen LogP contribution < -0.4 is 5.32 Å². The number of nitrogens with zero attached hydrogens (tertiary/aromatic N) is 2. The van der Waals surface area contributed by atoms with Crippen LogP contribution in [0.5, 0.6) is 0 Å². The second-order valence-corrected chi connectivity index (χ2v) is 8.44. The summed E-state index contributed by atoms with van der Waals surface area (Å²) in [6, 6.07) is 8.30. The summed E-state index contributed by atoms with van der Waals surface area (Å²) in [7, 11) is 0. The summed E-state index contributed by atoms with van der Waals surface area (Å²) in [6.07, 6.45) is 7.01. The largest absolute Gasteiger partial charge is 0.361 e. The Morgan fingerprint density at radius 1 is 1.30 bits per heavy atom. The highest BCUT2D eigenvalue weighted by atomic mass is 16.2. The fourth-order valence-corrected chi connectivity index (χ4v) is 5.44. The summed E-state index contributed by atoms with van der Waals surface area (Å²) in [4.78, 5) is 20.7. The van der Waals surface area contributed by atoms with E-state index in [0.717, 1.165) is 32.5 Å². The van der Waals surface area contributed by atoms with E-state index in [9.17, 15) is 4.79 Å². The highest BCUT2D eigenvalue weighted by molar-refractivity contribution is 5.88.